The highest BCUT2D eigenvalue weighted by atomic mass is 35.5. The lowest BCUT2D eigenvalue weighted by atomic mass is 10.0. The Bertz CT molecular complexity index is 1120. The van der Waals surface area contributed by atoms with Gasteiger partial charge in [-0.15, -0.1) is 0 Å². The van der Waals surface area contributed by atoms with Crippen LogP contribution in [-0.4, -0.2) is 34.6 Å². The van der Waals surface area contributed by atoms with Crippen molar-refractivity contribution in [1.82, 2.24) is 10.2 Å². The molecule has 0 aliphatic carbocycles. The second-order valence-electron chi connectivity index (χ2n) is 7.44. The van der Waals surface area contributed by atoms with Gasteiger partial charge in [-0.2, -0.15) is 0 Å². The van der Waals surface area contributed by atoms with E-state index < -0.39 is 17.9 Å². The van der Waals surface area contributed by atoms with Crippen LogP contribution in [0.25, 0.3) is 0 Å². The molecule has 2 aliphatic heterocycles. The van der Waals surface area contributed by atoms with Crippen molar-refractivity contribution in [3.8, 4) is 0 Å². The summed E-state index contributed by atoms with van der Waals surface area (Å²) in [6.45, 7) is 3.94. The predicted octanol–water partition coefficient (Wildman–Crippen LogP) is 3.12. The van der Waals surface area contributed by atoms with Gasteiger partial charge in [0.2, 0.25) is 17.7 Å². The number of benzene rings is 2. The van der Waals surface area contributed by atoms with Gasteiger partial charge in [0.05, 0.1) is 22.3 Å². The average Bonchev–Trinajstić information content (AvgIpc) is 3.04. The quantitative estimate of drug-likeness (QED) is 0.712. The molecule has 2 aromatic rings. The Balaban J connectivity index is 1.58. The second-order valence-corrected chi connectivity index (χ2v) is 8.23. The highest BCUT2D eigenvalue weighted by Gasteiger charge is 2.39. The van der Waals surface area contributed by atoms with Crippen molar-refractivity contribution in [2.24, 2.45) is 0 Å². The Morgan fingerprint density at radius 3 is 2.68 bits per heavy atom. The van der Waals surface area contributed by atoms with Gasteiger partial charge in [-0.3, -0.25) is 24.5 Å². The van der Waals surface area contributed by atoms with Gasteiger partial charge in [0, 0.05) is 25.5 Å². The minimum absolute atomic E-state index is 0.183. The van der Waals surface area contributed by atoms with Gasteiger partial charge in [0.15, 0.2) is 0 Å². The normalized spacial score (nSPS) is 18.1. The summed E-state index contributed by atoms with van der Waals surface area (Å²) in [5, 5.41) is 2.86. The van der Waals surface area contributed by atoms with Crippen molar-refractivity contribution in [2.45, 2.75) is 32.0 Å². The molecule has 4 rings (SSSR count). The zero-order valence-electron chi connectivity index (χ0n) is 16.4. The Morgan fingerprint density at radius 1 is 1.19 bits per heavy atom. The maximum Gasteiger partial charge on any atom is 0.255 e. The summed E-state index contributed by atoms with van der Waals surface area (Å²) >= 11 is 12.4. The minimum atomic E-state index is -0.677. The number of fused-ring (bicyclic) bond motifs is 1. The predicted molar refractivity (Wildman–Crippen MR) is 115 cm³/mol. The number of anilines is 1. The second kappa shape index (κ2) is 8.32. The number of hydrogen-bond acceptors (Lipinski definition) is 4. The third kappa shape index (κ3) is 4.03. The largest absolute Gasteiger partial charge is 0.322 e. The SMILES string of the molecule is [CH2]C(=O)N(Cc1ccc2c(c1)CN(C1CCC(=O)NC1=O)C2=O)c1cccc(Cl)c1Cl. The number of carbonyl (C=O) groups excluding carboxylic acids is 4. The number of piperidine rings is 1. The number of nitrogens with one attached hydrogen (secondary N) is 1. The summed E-state index contributed by atoms with van der Waals surface area (Å²) in [6, 6.07) is 9.59. The highest BCUT2D eigenvalue weighted by molar-refractivity contribution is 6.44. The van der Waals surface area contributed by atoms with E-state index in [1.807, 2.05) is 6.07 Å². The first kappa shape index (κ1) is 21.3. The lowest BCUT2D eigenvalue weighted by Crippen LogP contribution is -2.52. The molecule has 2 aliphatic rings. The summed E-state index contributed by atoms with van der Waals surface area (Å²) < 4.78 is 0. The number of halogens is 2. The molecule has 1 N–H and O–H groups in total. The van der Waals surface area contributed by atoms with E-state index in [1.165, 1.54) is 9.80 Å². The molecule has 2 aromatic carbocycles. The maximum atomic E-state index is 12.8. The lowest BCUT2D eigenvalue weighted by molar-refractivity contribution is -0.137. The fourth-order valence-electron chi connectivity index (χ4n) is 3.92. The molecule has 1 fully saturated rings. The molecule has 0 saturated carbocycles. The Hall–Kier alpha value is -2.90. The Kier molecular flexibility index (Phi) is 5.73. The van der Waals surface area contributed by atoms with Crippen molar-refractivity contribution >= 4 is 52.5 Å². The van der Waals surface area contributed by atoms with Crippen molar-refractivity contribution in [3.05, 3.63) is 70.1 Å². The molecule has 1 saturated heterocycles. The van der Waals surface area contributed by atoms with Crippen LogP contribution < -0.4 is 10.2 Å². The Morgan fingerprint density at radius 2 is 1.97 bits per heavy atom. The number of imide groups is 1. The minimum Gasteiger partial charge on any atom is -0.322 e. The van der Waals surface area contributed by atoms with E-state index in [2.05, 4.69) is 12.2 Å². The molecule has 0 spiro atoms. The van der Waals surface area contributed by atoms with Crippen molar-refractivity contribution < 1.29 is 19.2 Å². The van der Waals surface area contributed by atoms with Crippen LogP contribution in [0.5, 0.6) is 0 Å². The zero-order valence-corrected chi connectivity index (χ0v) is 17.9. The van der Waals surface area contributed by atoms with Crippen LogP contribution in [0.1, 0.15) is 34.3 Å². The molecule has 9 heteroatoms. The fourth-order valence-corrected chi connectivity index (χ4v) is 4.31. The molecule has 1 unspecified atom stereocenters. The zero-order chi connectivity index (χ0) is 22.3. The average molecular weight is 459 g/mol. The standard InChI is InChI=1S/C22H18Cl2N3O4/c1-12(28)26(17-4-2-3-16(23)20(17)24)10-13-5-6-15-14(9-13)11-27(22(15)31)18-7-8-19(29)25-21(18)30/h2-6,9,18H,1,7-8,10-11H2,(H,25,29,30). The van der Waals surface area contributed by atoms with Gasteiger partial charge in [-0.25, -0.2) is 0 Å². The van der Waals surface area contributed by atoms with Crippen LogP contribution in [0.15, 0.2) is 36.4 Å². The van der Waals surface area contributed by atoms with E-state index in [0.29, 0.717) is 22.7 Å². The number of rotatable bonds is 4. The molecule has 159 valence electrons. The van der Waals surface area contributed by atoms with Gasteiger partial charge >= 0.3 is 0 Å². The maximum absolute atomic E-state index is 12.8. The van der Waals surface area contributed by atoms with E-state index in [0.717, 1.165) is 11.1 Å². The molecule has 31 heavy (non-hydrogen) atoms. The van der Waals surface area contributed by atoms with Crippen LogP contribution in [-0.2, 0) is 27.5 Å². The monoisotopic (exact) mass is 458 g/mol. The molecule has 4 amide bonds. The van der Waals surface area contributed by atoms with Gasteiger partial charge < -0.3 is 9.80 Å². The van der Waals surface area contributed by atoms with Gasteiger partial charge in [-0.05, 0) is 35.7 Å². The third-order valence-electron chi connectivity index (χ3n) is 5.45. The molecule has 7 nitrogen and oxygen atoms in total. The van der Waals surface area contributed by atoms with Crippen LogP contribution in [0.2, 0.25) is 10.0 Å². The van der Waals surface area contributed by atoms with Crippen LogP contribution in [0, 0.1) is 6.92 Å². The van der Waals surface area contributed by atoms with Gasteiger partial charge in [0.1, 0.15) is 6.04 Å². The van der Waals surface area contributed by atoms with Crippen LogP contribution in [0.4, 0.5) is 5.69 Å². The smallest absolute Gasteiger partial charge is 0.255 e. The molecular weight excluding hydrogens is 441 g/mol. The third-order valence-corrected chi connectivity index (χ3v) is 6.26. The van der Waals surface area contributed by atoms with Crippen LogP contribution in [0.3, 0.4) is 0 Å². The van der Waals surface area contributed by atoms with Gasteiger partial charge in [-0.1, -0.05) is 41.4 Å². The molecule has 0 aromatic heterocycles. The molecule has 2 heterocycles. The first-order chi connectivity index (χ1) is 14.8. The van der Waals surface area contributed by atoms with E-state index >= 15 is 0 Å². The molecular formula is C22H18Cl2N3O4. The summed E-state index contributed by atoms with van der Waals surface area (Å²) in [4.78, 5) is 51.5. The van der Waals surface area contributed by atoms with Crippen molar-refractivity contribution in [3.63, 3.8) is 0 Å². The van der Waals surface area contributed by atoms with E-state index in [9.17, 15) is 19.2 Å². The number of nitrogens with zero attached hydrogens (tertiary/aromatic N) is 2. The fraction of sp³-hybridized carbons (Fsp3) is 0.227. The summed E-state index contributed by atoms with van der Waals surface area (Å²) in [5.41, 5.74) is 2.46. The van der Waals surface area contributed by atoms with E-state index in [1.54, 1.807) is 30.3 Å². The summed E-state index contributed by atoms with van der Waals surface area (Å²) in [7, 11) is 0. The first-order valence-electron chi connectivity index (χ1n) is 9.60. The first-order valence-corrected chi connectivity index (χ1v) is 10.4. The van der Waals surface area contributed by atoms with Gasteiger partial charge in [0.25, 0.3) is 5.91 Å². The summed E-state index contributed by atoms with van der Waals surface area (Å²) in [5.74, 6) is -1.49. The number of carbonyl (C=O) groups is 4. The van der Waals surface area contributed by atoms with Crippen molar-refractivity contribution in [2.75, 3.05) is 4.90 Å². The lowest BCUT2D eigenvalue weighted by Gasteiger charge is -2.29. The Labute approximate surface area is 188 Å². The number of amides is 4. The van der Waals surface area contributed by atoms with Crippen LogP contribution >= 0.6 is 23.2 Å². The molecule has 0 bridgehead atoms. The van der Waals surface area contributed by atoms with Crippen molar-refractivity contribution in [1.29, 1.82) is 0 Å². The molecule has 1 radical (unpaired) electrons. The highest BCUT2D eigenvalue weighted by Crippen LogP contribution is 2.34. The van der Waals surface area contributed by atoms with E-state index in [4.69, 9.17) is 23.2 Å². The number of hydrogen-bond donors (Lipinski definition) is 1. The molecule has 1 atom stereocenters. The topological polar surface area (TPSA) is 86.8 Å². The van der Waals surface area contributed by atoms with E-state index in [-0.39, 0.29) is 36.3 Å². The summed E-state index contributed by atoms with van der Waals surface area (Å²) in [6.07, 6.45) is 0.497.